The van der Waals surface area contributed by atoms with Gasteiger partial charge in [0.25, 0.3) is 0 Å². The van der Waals surface area contributed by atoms with Crippen molar-refractivity contribution in [3.63, 3.8) is 0 Å². The Morgan fingerprint density at radius 3 is 2.27 bits per heavy atom. The average molecular weight is 347 g/mol. The van der Waals surface area contributed by atoms with Crippen LogP contribution in [0.25, 0.3) is 0 Å². The highest BCUT2D eigenvalue weighted by atomic mass is 31.2. The van der Waals surface area contributed by atoms with Crippen molar-refractivity contribution in [1.29, 1.82) is 0 Å². The SMILES string of the molecule is [B][C@@H]1O[C@H](OC(C)(C)[P+](=C)CP(=C)(CC)CC)[C@@H](O)[C@@]1(C)O. The fourth-order valence-corrected chi connectivity index (χ4v) is 8.77. The van der Waals surface area contributed by atoms with Crippen LogP contribution >= 0.6 is 14.4 Å². The minimum Gasteiger partial charge on any atom is -0.385 e. The van der Waals surface area contributed by atoms with Gasteiger partial charge in [0, 0.05) is 13.8 Å². The third-order valence-corrected chi connectivity index (χ3v) is 12.8. The Labute approximate surface area is 137 Å². The quantitative estimate of drug-likeness (QED) is 0.547. The van der Waals surface area contributed by atoms with Gasteiger partial charge in [-0.1, -0.05) is 27.0 Å². The van der Waals surface area contributed by atoms with Crippen LogP contribution in [0, 0.1) is 0 Å². The fraction of sp³-hybridized carbons (Fsp3) is 0.867. The van der Waals surface area contributed by atoms with Gasteiger partial charge in [0.05, 0.1) is 12.3 Å². The van der Waals surface area contributed by atoms with Crippen molar-refractivity contribution in [2.45, 2.75) is 64.0 Å². The molecular formula is C15H30BO4P2+. The van der Waals surface area contributed by atoms with Gasteiger partial charge in [-0.2, -0.15) is 0 Å². The zero-order chi connectivity index (χ0) is 17.3. The lowest BCUT2D eigenvalue weighted by molar-refractivity contribution is -0.188. The molecular weight excluding hydrogens is 317 g/mol. The maximum Gasteiger partial charge on any atom is 0.221 e. The molecule has 0 aromatic heterocycles. The van der Waals surface area contributed by atoms with Gasteiger partial charge in [0.1, 0.15) is 33.0 Å². The van der Waals surface area contributed by atoms with Crippen LogP contribution in [-0.2, 0) is 9.47 Å². The molecule has 0 aromatic rings. The van der Waals surface area contributed by atoms with Crippen molar-refractivity contribution in [2.24, 2.45) is 0 Å². The lowest BCUT2D eigenvalue weighted by Gasteiger charge is -2.28. The van der Waals surface area contributed by atoms with Crippen LogP contribution in [0.2, 0.25) is 0 Å². The summed E-state index contributed by atoms with van der Waals surface area (Å²) in [6, 6.07) is -0.968. The highest BCUT2D eigenvalue weighted by Crippen LogP contribution is 2.56. The van der Waals surface area contributed by atoms with Gasteiger partial charge in [-0.05, 0) is 19.2 Å². The van der Waals surface area contributed by atoms with E-state index in [-0.39, 0.29) is 0 Å². The first-order chi connectivity index (χ1) is 9.89. The van der Waals surface area contributed by atoms with Crippen molar-refractivity contribution >= 4 is 34.9 Å². The Hall–Kier alpha value is 0.375. The lowest BCUT2D eigenvalue weighted by atomic mass is 9.83. The van der Waals surface area contributed by atoms with Gasteiger partial charge >= 0.3 is 0 Å². The highest BCUT2D eigenvalue weighted by Gasteiger charge is 2.53. The Kier molecular flexibility index (Phi) is 6.58. The molecule has 1 saturated heterocycles. The van der Waals surface area contributed by atoms with E-state index in [4.69, 9.17) is 17.3 Å². The van der Waals surface area contributed by atoms with Crippen molar-refractivity contribution < 1.29 is 19.7 Å². The van der Waals surface area contributed by atoms with Gasteiger partial charge in [0.2, 0.25) is 5.34 Å². The van der Waals surface area contributed by atoms with E-state index in [0.717, 1.165) is 18.2 Å². The van der Waals surface area contributed by atoms with E-state index in [1.807, 2.05) is 13.8 Å². The second kappa shape index (κ2) is 7.09. The Morgan fingerprint density at radius 2 is 1.91 bits per heavy atom. The van der Waals surface area contributed by atoms with Crippen LogP contribution in [0.5, 0.6) is 0 Å². The molecule has 4 nitrogen and oxygen atoms in total. The van der Waals surface area contributed by atoms with E-state index in [0.29, 0.717) is 0 Å². The van der Waals surface area contributed by atoms with Crippen LogP contribution in [0.4, 0.5) is 0 Å². The molecule has 0 aliphatic carbocycles. The third kappa shape index (κ3) is 4.26. The second-order valence-electron chi connectivity index (χ2n) is 6.82. The Bertz CT molecular complexity index is 456. The summed E-state index contributed by atoms with van der Waals surface area (Å²) in [5.74, 6) is 0.980. The van der Waals surface area contributed by atoms with Crippen molar-refractivity contribution in [1.82, 2.24) is 0 Å². The molecule has 0 spiro atoms. The summed E-state index contributed by atoms with van der Waals surface area (Å²) in [6.45, 7) is 8.50. The third-order valence-electron chi connectivity index (χ3n) is 4.69. The van der Waals surface area contributed by atoms with E-state index < -0.39 is 43.8 Å². The van der Waals surface area contributed by atoms with Crippen LogP contribution in [0.15, 0.2) is 0 Å². The molecule has 1 aliphatic rings. The molecule has 7 heteroatoms. The van der Waals surface area contributed by atoms with Crippen molar-refractivity contribution in [3.05, 3.63) is 0 Å². The highest BCUT2D eigenvalue weighted by molar-refractivity contribution is 7.83. The van der Waals surface area contributed by atoms with Gasteiger partial charge < -0.3 is 19.7 Å². The second-order valence-corrected chi connectivity index (χ2v) is 14.1. The van der Waals surface area contributed by atoms with Crippen molar-refractivity contribution in [3.8, 4) is 0 Å². The molecule has 2 N–H and O–H groups in total. The van der Waals surface area contributed by atoms with Crippen LogP contribution in [-0.4, -0.2) is 78.2 Å². The standard InChI is InChI=1S/C15H30BO4P2/c1-8-22(7,9-2)10-21(6)14(3,4)20-12-11(17)15(5,18)13(16)19-12/h11-13,17-18H,6-10H2,1-5H3/q+1/t11-,12-,13-,15-/m1/s1. The fourth-order valence-electron chi connectivity index (χ4n) is 2.21. The summed E-state index contributed by atoms with van der Waals surface area (Å²) in [5.41, 5.74) is -1.51. The number of hydrogen-bond donors (Lipinski definition) is 2. The average Bonchev–Trinajstić information content (AvgIpc) is 2.61. The Morgan fingerprint density at radius 1 is 1.41 bits per heavy atom. The molecule has 1 rings (SSSR count). The minimum atomic E-state index is -1.51. The topological polar surface area (TPSA) is 58.9 Å². The molecule has 1 unspecified atom stereocenters. The molecule has 1 aliphatic heterocycles. The molecule has 1 heterocycles. The maximum atomic E-state index is 10.2. The zero-order valence-electron chi connectivity index (χ0n) is 14.5. The van der Waals surface area contributed by atoms with E-state index in [9.17, 15) is 10.2 Å². The first kappa shape index (κ1) is 20.4. The molecule has 0 bridgehead atoms. The van der Waals surface area contributed by atoms with Crippen molar-refractivity contribution in [2.75, 3.05) is 18.2 Å². The number of aliphatic hydroxyl groups is 2. The number of aliphatic hydroxyl groups excluding tert-OH is 1. The molecule has 0 aromatic carbocycles. The zero-order valence-corrected chi connectivity index (χ0v) is 16.2. The number of hydrogen-bond acceptors (Lipinski definition) is 4. The van der Waals surface area contributed by atoms with Gasteiger partial charge in [-0.3, -0.25) is 0 Å². The summed E-state index contributed by atoms with van der Waals surface area (Å²) < 4.78 is 11.3. The Balaban J connectivity index is 2.80. The molecule has 2 radical (unpaired) electrons. The van der Waals surface area contributed by atoms with Gasteiger partial charge in [-0.25, -0.2) is 0 Å². The van der Waals surface area contributed by atoms with E-state index in [1.54, 1.807) is 0 Å². The van der Waals surface area contributed by atoms with Gasteiger partial charge in [-0.15, -0.1) is 0 Å². The molecule has 0 saturated carbocycles. The smallest absolute Gasteiger partial charge is 0.221 e. The predicted octanol–water partition coefficient (Wildman–Crippen LogP) is 2.06. The molecule has 1 fully saturated rings. The molecule has 126 valence electrons. The molecule has 22 heavy (non-hydrogen) atoms. The molecule has 0 amide bonds. The normalized spacial score (nSPS) is 34.0. The monoisotopic (exact) mass is 347 g/mol. The summed E-state index contributed by atoms with van der Waals surface area (Å²) in [4.78, 5) is 0. The van der Waals surface area contributed by atoms with Crippen LogP contribution in [0.3, 0.4) is 0 Å². The number of ether oxygens (including phenoxy) is 2. The molecule has 5 atom stereocenters. The maximum absolute atomic E-state index is 10.2. The summed E-state index contributed by atoms with van der Waals surface area (Å²) in [7, 11) is 5.00. The van der Waals surface area contributed by atoms with Crippen LogP contribution < -0.4 is 0 Å². The summed E-state index contributed by atoms with van der Waals surface area (Å²) >= 11 is 0. The first-order valence-corrected chi connectivity index (χ1v) is 11.9. The first-order valence-electron chi connectivity index (χ1n) is 7.67. The van der Waals surface area contributed by atoms with E-state index in [1.165, 1.54) is 6.92 Å². The largest absolute Gasteiger partial charge is 0.385 e. The predicted molar refractivity (Wildman–Crippen MR) is 100 cm³/mol. The van der Waals surface area contributed by atoms with E-state index >= 15 is 0 Å². The van der Waals surface area contributed by atoms with Gasteiger partial charge in [0.15, 0.2) is 6.29 Å². The van der Waals surface area contributed by atoms with E-state index in [2.05, 4.69) is 26.4 Å². The lowest BCUT2D eigenvalue weighted by Crippen LogP contribution is -2.46. The number of rotatable bonds is 7. The summed E-state index contributed by atoms with van der Waals surface area (Å²) in [5, 5.41) is 19.7. The minimum absolute atomic E-state index is 0.547. The van der Waals surface area contributed by atoms with Crippen LogP contribution in [0.1, 0.15) is 34.6 Å². The summed E-state index contributed by atoms with van der Waals surface area (Å²) in [6.07, 6.45) is 8.81.